The van der Waals surface area contributed by atoms with Crippen molar-refractivity contribution in [2.24, 2.45) is 5.10 Å². The zero-order valence-electron chi connectivity index (χ0n) is 15.7. The molecule has 154 valence electrons. The summed E-state index contributed by atoms with van der Waals surface area (Å²) in [5, 5.41) is 17.0. The summed E-state index contributed by atoms with van der Waals surface area (Å²) >= 11 is 5.97. The molecule has 0 saturated carbocycles. The van der Waals surface area contributed by atoms with Crippen molar-refractivity contribution in [3.63, 3.8) is 0 Å². The molecule has 1 aliphatic heterocycles. The van der Waals surface area contributed by atoms with E-state index >= 15 is 0 Å². The second-order valence-corrected chi connectivity index (χ2v) is 6.65. The van der Waals surface area contributed by atoms with Gasteiger partial charge in [-0.1, -0.05) is 23.7 Å². The first-order valence-electron chi connectivity index (χ1n) is 8.88. The number of hydrogen-bond acceptors (Lipinski definition) is 6. The fourth-order valence-corrected chi connectivity index (χ4v) is 3.17. The zero-order chi connectivity index (χ0) is 20.8. The number of esters is 1. The van der Waals surface area contributed by atoms with E-state index in [1.807, 2.05) is 0 Å². The maximum Gasteiger partial charge on any atom is 0.328 e. The molecule has 0 radical (unpaired) electrons. The Bertz CT molecular complexity index is 871. The SMILES string of the molecule is CCOC(=O)[C@H](c1ccc(Cl)cc1)N1CN/C(=N\[N+](=O)[O-])N(Cc2ccco2)C1. The number of hydrazone groups is 1. The van der Waals surface area contributed by atoms with Crippen molar-refractivity contribution in [1.82, 2.24) is 15.1 Å². The quantitative estimate of drug-likeness (QED) is 0.412. The molecule has 0 unspecified atom stereocenters. The number of ether oxygens (including phenoxy) is 1. The molecule has 1 aromatic heterocycles. The topological polar surface area (TPSA) is 113 Å². The van der Waals surface area contributed by atoms with E-state index in [-0.39, 0.29) is 32.4 Å². The summed E-state index contributed by atoms with van der Waals surface area (Å²) < 4.78 is 10.6. The fraction of sp³-hybridized carbons (Fsp3) is 0.333. The molecule has 1 atom stereocenters. The van der Waals surface area contributed by atoms with Crippen LogP contribution in [0.5, 0.6) is 0 Å². The van der Waals surface area contributed by atoms with Crippen LogP contribution in [0.1, 0.15) is 24.3 Å². The van der Waals surface area contributed by atoms with Gasteiger partial charge in [0.05, 0.1) is 32.8 Å². The molecule has 1 saturated heterocycles. The van der Waals surface area contributed by atoms with Gasteiger partial charge in [-0.3, -0.25) is 4.90 Å². The Morgan fingerprint density at radius 3 is 2.79 bits per heavy atom. The summed E-state index contributed by atoms with van der Waals surface area (Å²) in [6.45, 7) is 2.55. The van der Waals surface area contributed by atoms with Crippen molar-refractivity contribution in [2.45, 2.75) is 19.5 Å². The number of carbonyl (C=O) groups is 1. The summed E-state index contributed by atoms with van der Waals surface area (Å²) in [7, 11) is 0. The van der Waals surface area contributed by atoms with Crippen LogP contribution >= 0.6 is 11.6 Å². The third-order valence-corrected chi connectivity index (χ3v) is 4.51. The van der Waals surface area contributed by atoms with E-state index in [1.54, 1.807) is 53.1 Å². The summed E-state index contributed by atoms with van der Waals surface area (Å²) in [6.07, 6.45) is 1.52. The normalized spacial score (nSPS) is 17.0. The number of carbonyl (C=O) groups excluding carboxylic acids is 1. The van der Waals surface area contributed by atoms with Gasteiger partial charge in [0.1, 0.15) is 16.9 Å². The van der Waals surface area contributed by atoms with Gasteiger partial charge in [-0.25, -0.2) is 14.9 Å². The number of guanidine groups is 1. The molecule has 0 amide bonds. The minimum Gasteiger partial charge on any atom is -0.467 e. The van der Waals surface area contributed by atoms with E-state index in [0.717, 1.165) is 0 Å². The predicted molar refractivity (Wildman–Crippen MR) is 104 cm³/mol. The first-order valence-corrected chi connectivity index (χ1v) is 9.26. The molecule has 0 aliphatic carbocycles. The Morgan fingerprint density at radius 2 is 2.17 bits per heavy atom. The molecule has 1 fully saturated rings. The number of benzene rings is 1. The molecule has 1 aromatic carbocycles. The van der Waals surface area contributed by atoms with Gasteiger partial charge in [-0.05, 0) is 36.8 Å². The number of furan rings is 1. The van der Waals surface area contributed by atoms with E-state index in [2.05, 4.69) is 10.4 Å². The molecule has 2 aromatic rings. The van der Waals surface area contributed by atoms with Gasteiger partial charge in [0.2, 0.25) is 0 Å². The highest BCUT2D eigenvalue weighted by molar-refractivity contribution is 6.30. The largest absolute Gasteiger partial charge is 0.467 e. The Kier molecular flexibility index (Phi) is 6.68. The van der Waals surface area contributed by atoms with E-state index in [4.69, 9.17) is 20.8 Å². The summed E-state index contributed by atoms with van der Waals surface area (Å²) in [6, 6.07) is 9.65. The molecule has 0 bridgehead atoms. The van der Waals surface area contributed by atoms with Crippen LogP contribution in [0.2, 0.25) is 5.02 Å². The van der Waals surface area contributed by atoms with Gasteiger partial charge in [-0.15, -0.1) is 0 Å². The maximum absolute atomic E-state index is 12.7. The standard InChI is InChI=1S/C18H20ClN5O5/c1-2-28-17(25)16(13-5-7-14(19)8-6-13)23-11-20-18(21-24(26)27)22(12-23)10-15-4-3-9-29-15/h3-9,16H,2,10-12H2,1H3,(H,20,21)/t16-/m0/s1. The van der Waals surface area contributed by atoms with Crippen molar-refractivity contribution in [3.8, 4) is 0 Å². The highest BCUT2D eigenvalue weighted by atomic mass is 35.5. The highest BCUT2D eigenvalue weighted by Crippen LogP contribution is 2.26. The van der Waals surface area contributed by atoms with Crippen LogP contribution in [0, 0.1) is 10.1 Å². The zero-order valence-corrected chi connectivity index (χ0v) is 16.4. The Hall–Kier alpha value is -3.11. The van der Waals surface area contributed by atoms with Crippen molar-refractivity contribution >= 4 is 23.5 Å². The number of nitrogens with zero attached hydrogens (tertiary/aromatic N) is 4. The van der Waals surface area contributed by atoms with Crippen molar-refractivity contribution in [2.75, 3.05) is 19.9 Å². The van der Waals surface area contributed by atoms with Gasteiger partial charge < -0.3 is 19.4 Å². The highest BCUT2D eigenvalue weighted by Gasteiger charge is 2.35. The van der Waals surface area contributed by atoms with Crippen LogP contribution in [-0.2, 0) is 16.1 Å². The summed E-state index contributed by atoms with van der Waals surface area (Å²) in [5.74, 6) is 0.259. The lowest BCUT2D eigenvalue weighted by atomic mass is 10.1. The minimum absolute atomic E-state index is 0.0846. The van der Waals surface area contributed by atoms with Crippen LogP contribution in [0.25, 0.3) is 0 Å². The molecule has 0 spiro atoms. The Balaban J connectivity index is 1.88. The molecule has 10 nitrogen and oxygen atoms in total. The first kappa shape index (κ1) is 20.6. The number of rotatable bonds is 7. The summed E-state index contributed by atoms with van der Waals surface area (Å²) in [5.41, 5.74) is 0.697. The van der Waals surface area contributed by atoms with E-state index in [9.17, 15) is 14.9 Å². The molecule has 3 rings (SSSR count). The third-order valence-electron chi connectivity index (χ3n) is 4.26. The lowest BCUT2D eigenvalue weighted by Gasteiger charge is -2.39. The predicted octanol–water partition coefficient (Wildman–Crippen LogP) is 2.41. The van der Waals surface area contributed by atoms with Crippen LogP contribution < -0.4 is 5.32 Å². The number of nitrogens with one attached hydrogen (secondary N) is 1. The van der Waals surface area contributed by atoms with Gasteiger partial charge in [-0.2, -0.15) is 0 Å². The van der Waals surface area contributed by atoms with Crippen molar-refractivity contribution in [1.29, 1.82) is 0 Å². The molecular formula is C18H20ClN5O5. The van der Waals surface area contributed by atoms with Crippen LogP contribution in [0.15, 0.2) is 52.2 Å². The smallest absolute Gasteiger partial charge is 0.328 e. The monoisotopic (exact) mass is 421 g/mol. The number of nitro groups is 1. The first-order chi connectivity index (χ1) is 14.0. The Morgan fingerprint density at radius 1 is 1.41 bits per heavy atom. The number of halogens is 1. The maximum atomic E-state index is 12.7. The second-order valence-electron chi connectivity index (χ2n) is 6.21. The van der Waals surface area contributed by atoms with E-state index in [1.165, 1.54) is 6.26 Å². The van der Waals surface area contributed by atoms with Gasteiger partial charge in [0.25, 0.3) is 5.96 Å². The second kappa shape index (κ2) is 9.39. The molecule has 2 heterocycles. The van der Waals surface area contributed by atoms with E-state index < -0.39 is 17.0 Å². The van der Waals surface area contributed by atoms with Crippen molar-refractivity contribution in [3.05, 3.63) is 69.1 Å². The Labute approximate surface area is 171 Å². The van der Waals surface area contributed by atoms with Gasteiger partial charge in [0.15, 0.2) is 5.03 Å². The minimum atomic E-state index is -0.769. The van der Waals surface area contributed by atoms with Crippen molar-refractivity contribution < 1.29 is 19.0 Å². The molecule has 1 aliphatic rings. The lowest BCUT2D eigenvalue weighted by Crippen LogP contribution is -2.58. The van der Waals surface area contributed by atoms with Crippen LogP contribution in [0.4, 0.5) is 0 Å². The molecule has 1 N–H and O–H groups in total. The lowest BCUT2D eigenvalue weighted by molar-refractivity contribution is -0.486. The average Bonchev–Trinajstić information content (AvgIpc) is 3.18. The summed E-state index contributed by atoms with van der Waals surface area (Å²) in [4.78, 5) is 27.0. The van der Waals surface area contributed by atoms with Crippen LogP contribution in [-0.4, -0.2) is 46.7 Å². The average molecular weight is 422 g/mol. The molecule has 29 heavy (non-hydrogen) atoms. The number of hydrogen-bond donors (Lipinski definition) is 1. The van der Waals surface area contributed by atoms with Crippen LogP contribution in [0.3, 0.4) is 0 Å². The molecule has 11 heteroatoms. The fourth-order valence-electron chi connectivity index (χ4n) is 3.05. The van der Waals surface area contributed by atoms with Gasteiger partial charge in [0, 0.05) is 5.02 Å². The third kappa shape index (κ3) is 5.24. The molecular weight excluding hydrogens is 402 g/mol. The van der Waals surface area contributed by atoms with E-state index in [0.29, 0.717) is 16.3 Å². The van der Waals surface area contributed by atoms with Gasteiger partial charge >= 0.3 is 5.97 Å².